The fourth-order valence-corrected chi connectivity index (χ4v) is 1.40. The number of nitrogens with two attached hydrogens (primary N) is 1. The van der Waals surface area contributed by atoms with Crippen LogP contribution < -0.4 is 5.73 Å². The molecule has 0 aromatic carbocycles. The topological polar surface area (TPSA) is 64.8 Å². The molecule has 0 spiro atoms. The second kappa shape index (κ2) is 4.72. The Morgan fingerprint density at radius 2 is 2.14 bits per heavy atom. The molecule has 1 heterocycles. The van der Waals surface area contributed by atoms with Crippen LogP contribution in [0.25, 0.3) is 0 Å². The molecule has 2 N–H and O–H groups in total. The molecule has 1 saturated heterocycles. The van der Waals surface area contributed by atoms with E-state index in [1.807, 2.05) is 6.92 Å². The van der Waals surface area contributed by atoms with Crippen molar-refractivity contribution in [1.82, 2.24) is 4.90 Å². The summed E-state index contributed by atoms with van der Waals surface area (Å²) in [7, 11) is 1.60. The number of likely N-dealkylation sites (tertiary alicyclic amines) is 1. The van der Waals surface area contributed by atoms with Crippen LogP contribution in [0.4, 0.5) is 0 Å². The molecule has 1 aliphatic heterocycles. The summed E-state index contributed by atoms with van der Waals surface area (Å²) in [6.07, 6.45) is 0. The van der Waals surface area contributed by atoms with E-state index in [4.69, 9.17) is 15.2 Å². The van der Waals surface area contributed by atoms with Gasteiger partial charge in [0.1, 0.15) is 6.61 Å². The predicted octanol–water partition coefficient (Wildman–Crippen LogP) is -0.791. The van der Waals surface area contributed by atoms with Crippen molar-refractivity contribution in [3.63, 3.8) is 0 Å². The lowest BCUT2D eigenvalue weighted by molar-refractivity contribution is -0.143. The highest BCUT2D eigenvalue weighted by Crippen LogP contribution is 2.16. The first kappa shape index (κ1) is 11.4. The molecule has 0 aliphatic carbocycles. The van der Waals surface area contributed by atoms with Crippen molar-refractivity contribution < 1.29 is 14.3 Å². The van der Waals surface area contributed by atoms with Gasteiger partial charge in [0.2, 0.25) is 5.91 Å². The lowest BCUT2D eigenvalue weighted by Gasteiger charge is -2.45. The second-order valence-electron chi connectivity index (χ2n) is 3.95. The average Bonchev–Trinajstić information content (AvgIpc) is 2.08. The van der Waals surface area contributed by atoms with Gasteiger partial charge < -0.3 is 20.1 Å². The van der Waals surface area contributed by atoms with Crippen molar-refractivity contribution in [3.05, 3.63) is 0 Å². The molecule has 0 radical (unpaired) electrons. The van der Waals surface area contributed by atoms with Crippen LogP contribution in [0.15, 0.2) is 0 Å². The molecule has 82 valence electrons. The van der Waals surface area contributed by atoms with Crippen LogP contribution >= 0.6 is 0 Å². The van der Waals surface area contributed by atoms with Gasteiger partial charge in [-0.2, -0.15) is 0 Å². The third kappa shape index (κ3) is 3.25. The first-order valence-corrected chi connectivity index (χ1v) is 4.68. The van der Waals surface area contributed by atoms with Gasteiger partial charge in [-0.15, -0.1) is 0 Å². The highest BCUT2D eigenvalue weighted by atomic mass is 16.5. The SMILES string of the molecule is COCCOCC(=O)N1CC(C)(N)C1. The Balaban J connectivity index is 2.06. The molecule has 1 rings (SSSR count). The van der Waals surface area contributed by atoms with E-state index in [2.05, 4.69) is 0 Å². The smallest absolute Gasteiger partial charge is 0.248 e. The highest BCUT2D eigenvalue weighted by molar-refractivity contribution is 5.78. The van der Waals surface area contributed by atoms with Gasteiger partial charge in [-0.3, -0.25) is 4.79 Å². The summed E-state index contributed by atoms with van der Waals surface area (Å²) in [5.41, 5.74) is 5.57. The number of hydrogen-bond donors (Lipinski definition) is 1. The van der Waals surface area contributed by atoms with E-state index in [-0.39, 0.29) is 18.1 Å². The molecular weight excluding hydrogens is 184 g/mol. The number of rotatable bonds is 5. The van der Waals surface area contributed by atoms with Crippen molar-refractivity contribution in [2.24, 2.45) is 5.73 Å². The Morgan fingerprint density at radius 1 is 1.50 bits per heavy atom. The van der Waals surface area contributed by atoms with Crippen molar-refractivity contribution in [3.8, 4) is 0 Å². The maximum atomic E-state index is 11.4. The lowest BCUT2D eigenvalue weighted by atomic mass is 9.94. The van der Waals surface area contributed by atoms with Crippen LogP contribution in [0.2, 0.25) is 0 Å². The van der Waals surface area contributed by atoms with Crippen molar-refractivity contribution in [2.45, 2.75) is 12.5 Å². The van der Waals surface area contributed by atoms with Crippen molar-refractivity contribution in [2.75, 3.05) is 40.0 Å². The molecule has 0 bridgehead atoms. The van der Waals surface area contributed by atoms with E-state index in [1.54, 1.807) is 12.0 Å². The fraction of sp³-hybridized carbons (Fsp3) is 0.889. The molecule has 0 aromatic rings. The maximum Gasteiger partial charge on any atom is 0.248 e. The van der Waals surface area contributed by atoms with E-state index in [0.717, 1.165) is 0 Å². The van der Waals surface area contributed by atoms with E-state index < -0.39 is 0 Å². The fourth-order valence-electron chi connectivity index (χ4n) is 1.40. The van der Waals surface area contributed by atoms with Gasteiger partial charge in [0.05, 0.1) is 13.2 Å². The maximum absolute atomic E-state index is 11.4. The average molecular weight is 202 g/mol. The zero-order valence-corrected chi connectivity index (χ0v) is 8.78. The number of ether oxygens (including phenoxy) is 2. The van der Waals surface area contributed by atoms with Crippen LogP contribution in [0, 0.1) is 0 Å². The summed E-state index contributed by atoms with van der Waals surface area (Å²) in [6.45, 7) is 4.28. The predicted molar refractivity (Wildman–Crippen MR) is 51.9 cm³/mol. The van der Waals surface area contributed by atoms with Crippen molar-refractivity contribution in [1.29, 1.82) is 0 Å². The molecule has 0 atom stereocenters. The Morgan fingerprint density at radius 3 is 2.64 bits per heavy atom. The number of carbonyl (C=O) groups excluding carboxylic acids is 1. The zero-order chi connectivity index (χ0) is 10.6. The van der Waals surface area contributed by atoms with Gasteiger partial charge in [0, 0.05) is 25.7 Å². The summed E-state index contributed by atoms with van der Waals surface area (Å²) >= 11 is 0. The Labute approximate surface area is 84.1 Å². The first-order valence-electron chi connectivity index (χ1n) is 4.68. The van der Waals surface area contributed by atoms with Gasteiger partial charge in [-0.25, -0.2) is 0 Å². The summed E-state index contributed by atoms with van der Waals surface area (Å²) in [5, 5.41) is 0. The van der Waals surface area contributed by atoms with Gasteiger partial charge in [-0.05, 0) is 6.92 Å². The van der Waals surface area contributed by atoms with Crippen LogP contribution in [0.1, 0.15) is 6.92 Å². The summed E-state index contributed by atoms with van der Waals surface area (Å²) < 4.78 is 9.89. The summed E-state index contributed by atoms with van der Waals surface area (Å²) in [5.74, 6) is 0.00373. The van der Waals surface area contributed by atoms with Gasteiger partial charge in [-0.1, -0.05) is 0 Å². The van der Waals surface area contributed by atoms with Gasteiger partial charge >= 0.3 is 0 Å². The number of amides is 1. The largest absolute Gasteiger partial charge is 0.382 e. The summed E-state index contributed by atoms with van der Waals surface area (Å²) in [6, 6.07) is 0. The van der Waals surface area contributed by atoms with E-state index >= 15 is 0 Å². The Bertz CT molecular complexity index is 198. The number of methoxy groups -OCH3 is 1. The molecule has 5 nitrogen and oxygen atoms in total. The second-order valence-corrected chi connectivity index (χ2v) is 3.95. The van der Waals surface area contributed by atoms with Gasteiger partial charge in [0.25, 0.3) is 0 Å². The minimum absolute atomic E-state index is 0.00373. The third-order valence-corrected chi connectivity index (χ3v) is 2.11. The molecule has 5 heteroatoms. The quantitative estimate of drug-likeness (QED) is 0.593. The zero-order valence-electron chi connectivity index (χ0n) is 8.78. The number of hydrogen-bond acceptors (Lipinski definition) is 4. The standard InChI is InChI=1S/C9H18N2O3/c1-9(10)6-11(7-9)8(12)5-14-4-3-13-2/h3-7,10H2,1-2H3. The van der Waals surface area contributed by atoms with E-state index in [1.165, 1.54) is 0 Å². The van der Waals surface area contributed by atoms with Crippen LogP contribution in [0.5, 0.6) is 0 Å². The van der Waals surface area contributed by atoms with Crippen LogP contribution in [-0.2, 0) is 14.3 Å². The lowest BCUT2D eigenvalue weighted by Crippen LogP contribution is -2.67. The minimum Gasteiger partial charge on any atom is -0.382 e. The number of nitrogens with zero attached hydrogens (tertiary/aromatic N) is 1. The van der Waals surface area contributed by atoms with E-state index in [9.17, 15) is 4.79 Å². The Hall–Kier alpha value is -0.650. The van der Waals surface area contributed by atoms with E-state index in [0.29, 0.717) is 26.3 Å². The normalized spacial score (nSPS) is 19.2. The molecule has 0 unspecified atom stereocenters. The van der Waals surface area contributed by atoms with Gasteiger partial charge in [0.15, 0.2) is 0 Å². The minimum atomic E-state index is -0.206. The molecule has 1 amide bonds. The van der Waals surface area contributed by atoms with Crippen LogP contribution in [0.3, 0.4) is 0 Å². The molecule has 14 heavy (non-hydrogen) atoms. The number of carbonyl (C=O) groups is 1. The molecule has 0 saturated carbocycles. The molecular formula is C9H18N2O3. The molecule has 1 fully saturated rings. The molecule has 0 aromatic heterocycles. The Kier molecular flexibility index (Phi) is 3.86. The molecule has 1 aliphatic rings. The first-order chi connectivity index (χ1) is 6.55. The summed E-state index contributed by atoms with van der Waals surface area (Å²) in [4.78, 5) is 13.1. The van der Waals surface area contributed by atoms with Crippen LogP contribution in [-0.4, -0.2) is 56.4 Å². The van der Waals surface area contributed by atoms with Crippen molar-refractivity contribution >= 4 is 5.91 Å². The monoisotopic (exact) mass is 202 g/mol. The highest BCUT2D eigenvalue weighted by Gasteiger charge is 2.37. The third-order valence-electron chi connectivity index (χ3n) is 2.11.